The van der Waals surface area contributed by atoms with Crippen molar-refractivity contribution in [1.82, 2.24) is 15.1 Å². The number of carbonyl (C=O) groups is 3. The molecule has 0 aromatic heterocycles. The number of carbonyl (C=O) groups excluding carboxylic acids is 3. The summed E-state index contributed by atoms with van der Waals surface area (Å²) in [7, 11) is -1.61. The zero-order valence-electron chi connectivity index (χ0n) is 20.3. The first kappa shape index (κ1) is 26.0. The molecule has 9 nitrogen and oxygen atoms in total. The number of hydrogen-bond donors (Lipinski definition) is 4. The van der Waals surface area contributed by atoms with Crippen LogP contribution in [0.25, 0.3) is 0 Å². The molecule has 2 heterocycles. The molecule has 3 aliphatic rings. The largest absolute Gasteiger partial charge is 0.475 e. The molecule has 0 radical (unpaired) electrons. The third kappa shape index (κ3) is 5.89. The average Bonchev–Trinajstić information content (AvgIpc) is 3.45. The summed E-state index contributed by atoms with van der Waals surface area (Å²) in [5, 5.41) is 22.3. The van der Waals surface area contributed by atoms with Gasteiger partial charge in [-0.05, 0) is 49.9 Å². The van der Waals surface area contributed by atoms with Crippen molar-refractivity contribution in [2.24, 2.45) is 17.1 Å². The van der Waals surface area contributed by atoms with Crippen LogP contribution in [0.5, 0.6) is 0 Å². The fraction of sp³-hybridized carbons (Fsp3) is 0.870. The van der Waals surface area contributed by atoms with E-state index in [1.165, 1.54) is 11.3 Å². The minimum absolute atomic E-state index is 0.163. The molecule has 0 unspecified atom stereocenters. The standard InChI is InChI=1S/C23H41BN4O5/c1-23(2,3)19(22(31)28-14-8-12-17(28)24(32)33)26-20(29)16-11-7-13-27(16)21(30)18(25)15-9-5-4-6-10-15/h15-19,32-33H,4-14,25H2,1-3H3,(H,26,29)/t16-,17-,18-,19+/m0/s1. The molecular formula is C23H41BN4O5. The van der Waals surface area contributed by atoms with E-state index in [0.29, 0.717) is 32.4 Å². The fourth-order valence-corrected chi connectivity index (χ4v) is 5.62. The lowest BCUT2D eigenvalue weighted by molar-refractivity contribution is -0.143. The predicted molar refractivity (Wildman–Crippen MR) is 126 cm³/mol. The van der Waals surface area contributed by atoms with Gasteiger partial charge >= 0.3 is 7.12 Å². The summed E-state index contributed by atoms with van der Waals surface area (Å²) in [6.07, 6.45) is 7.72. The molecule has 1 aliphatic carbocycles. The summed E-state index contributed by atoms with van der Waals surface area (Å²) in [4.78, 5) is 43.0. The Kier molecular flexibility index (Phi) is 8.45. The lowest BCUT2D eigenvalue weighted by Crippen LogP contribution is -2.61. The highest BCUT2D eigenvalue weighted by molar-refractivity contribution is 6.43. The number of rotatable bonds is 6. The number of likely N-dealkylation sites (tertiary alicyclic amines) is 2. The molecule has 4 atom stereocenters. The van der Waals surface area contributed by atoms with E-state index in [1.807, 2.05) is 20.8 Å². The Morgan fingerprint density at radius 2 is 1.52 bits per heavy atom. The predicted octanol–water partition coefficient (Wildman–Crippen LogP) is 0.419. The summed E-state index contributed by atoms with van der Waals surface area (Å²) >= 11 is 0. The molecule has 2 aliphatic heterocycles. The molecule has 33 heavy (non-hydrogen) atoms. The van der Waals surface area contributed by atoms with Crippen molar-refractivity contribution < 1.29 is 24.4 Å². The highest BCUT2D eigenvalue weighted by Gasteiger charge is 2.45. The van der Waals surface area contributed by atoms with Crippen LogP contribution in [0.3, 0.4) is 0 Å². The zero-order chi connectivity index (χ0) is 24.3. The molecule has 0 aromatic carbocycles. The van der Waals surface area contributed by atoms with Gasteiger partial charge < -0.3 is 30.9 Å². The van der Waals surface area contributed by atoms with Gasteiger partial charge in [-0.15, -0.1) is 0 Å². The quantitative estimate of drug-likeness (QED) is 0.421. The number of nitrogens with one attached hydrogen (secondary N) is 1. The van der Waals surface area contributed by atoms with Gasteiger partial charge in [-0.25, -0.2) is 0 Å². The van der Waals surface area contributed by atoms with Gasteiger partial charge in [0.05, 0.1) is 12.0 Å². The lowest BCUT2D eigenvalue weighted by atomic mass is 9.77. The number of nitrogens with zero attached hydrogens (tertiary/aromatic N) is 2. The molecule has 0 spiro atoms. The summed E-state index contributed by atoms with van der Waals surface area (Å²) in [5.41, 5.74) is 5.76. The van der Waals surface area contributed by atoms with Gasteiger partial charge in [-0.2, -0.15) is 0 Å². The first-order valence-electron chi connectivity index (χ1n) is 12.6. The molecule has 186 valence electrons. The van der Waals surface area contributed by atoms with Gasteiger partial charge in [0, 0.05) is 13.1 Å². The van der Waals surface area contributed by atoms with Gasteiger partial charge in [0.2, 0.25) is 17.7 Å². The van der Waals surface area contributed by atoms with Crippen molar-refractivity contribution in [2.75, 3.05) is 13.1 Å². The maximum Gasteiger partial charge on any atom is 0.475 e. The van der Waals surface area contributed by atoms with Crippen molar-refractivity contribution in [2.45, 2.75) is 103 Å². The van der Waals surface area contributed by atoms with E-state index >= 15 is 0 Å². The smallest absolute Gasteiger partial charge is 0.426 e. The van der Waals surface area contributed by atoms with E-state index in [4.69, 9.17) is 5.73 Å². The maximum absolute atomic E-state index is 13.4. The zero-order valence-corrected chi connectivity index (χ0v) is 20.3. The Morgan fingerprint density at radius 3 is 2.12 bits per heavy atom. The van der Waals surface area contributed by atoms with Gasteiger partial charge in [-0.1, -0.05) is 40.0 Å². The topological polar surface area (TPSA) is 136 Å². The van der Waals surface area contributed by atoms with E-state index in [0.717, 1.165) is 32.1 Å². The third-order valence-electron chi connectivity index (χ3n) is 7.61. The van der Waals surface area contributed by atoms with Crippen molar-refractivity contribution in [3.63, 3.8) is 0 Å². The molecule has 3 fully saturated rings. The second kappa shape index (κ2) is 10.7. The summed E-state index contributed by atoms with van der Waals surface area (Å²) in [6.45, 7) is 6.52. The minimum Gasteiger partial charge on any atom is -0.426 e. The highest BCUT2D eigenvalue weighted by atomic mass is 16.4. The second-order valence-corrected chi connectivity index (χ2v) is 11.1. The molecule has 0 aromatic rings. The molecule has 3 rings (SSSR count). The normalized spacial score (nSPS) is 26.2. The SMILES string of the molecule is CC(C)(C)[C@H](NC(=O)[C@@H]1CCCN1C(=O)[C@@H](N)C1CCCCC1)C(=O)N1CCC[C@H]1B(O)O. The first-order chi connectivity index (χ1) is 15.5. The molecule has 10 heteroatoms. The summed E-state index contributed by atoms with van der Waals surface area (Å²) in [6, 6.07) is -2.06. The molecule has 0 bridgehead atoms. The van der Waals surface area contributed by atoms with E-state index in [2.05, 4.69) is 5.32 Å². The van der Waals surface area contributed by atoms with E-state index in [9.17, 15) is 24.4 Å². The van der Waals surface area contributed by atoms with Crippen molar-refractivity contribution in [1.29, 1.82) is 0 Å². The summed E-state index contributed by atoms with van der Waals surface area (Å²) in [5.74, 6) is -1.33. The van der Waals surface area contributed by atoms with Crippen LogP contribution < -0.4 is 11.1 Å². The lowest BCUT2D eigenvalue weighted by Gasteiger charge is -2.37. The Bertz CT molecular complexity index is 722. The summed E-state index contributed by atoms with van der Waals surface area (Å²) < 4.78 is 0. The van der Waals surface area contributed by atoms with Crippen LogP contribution in [0.1, 0.15) is 78.6 Å². The molecule has 3 amide bonds. The Hall–Kier alpha value is -1.65. The molecular weight excluding hydrogens is 423 g/mol. The Balaban J connectivity index is 1.70. The van der Waals surface area contributed by atoms with Crippen LogP contribution in [0, 0.1) is 11.3 Å². The first-order valence-corrected chi connectivity index (χ1v) is 12.6. The maximum atomic E-state index is 13.4. The van der Waals surface area contributed by atoms with Crippen LogP contribution in [-0.2, 0) is 14.4 Å². The van der Waals surface area contributed by atoms with Crippen molar-refractivity contribution in [3.05, 3.63) is 0 Å². The van der Waals surface area contributed by atoms with Crippen LogP contribution >= 0.6 is 0 Å². The number of amides is 3. The van der Waals surface area contributed by atoms with Crippen LogP contribution in [0.2, 0.25) is 0 Å². The fourth-order valence-electron chi connectivity index (χ4n) is 5.62. The second-order valence-electron chi connectivity index (χ2n) is 11.1. The highest BCUT2D eigenvalue weighted by Crippen LogP contribution is 2.29. The Morgan fingerprint density at radius 1 is 0.909 bits per heavy atom. The monoisotopic (exact) mass is 464 g/mol. The van der Waals surface area contributed by atoms with Gasteiger partial charge in [-0.3, -0.25) is 14.4 Å². The third-order valence-corrected chi connectivity index (χ3v) is 7.61. The minimum atomic E-state index is -1.61. The number of nitrogens with two attached hydrogens (primary N) is 1. The van der Waals surface area contributed by atoms with Gasteiger partial charge in [0.25, 0.3) is 0 Å². The molecule has 2 saturated heterocycles. The van der Waals surface area contributed by atoms with E-state index in [1.54, 1.807) is 4.90 Å². The Labute approximate surface area is 197 Å². The van der Waals surface area contributed by atoms with Crippen molar-refractivity contribution in [3.8, 4) is 0 Å². The number of hydrogen-bond acceptors (Lipinski definition) is 6. The van der Waals surface area contributed by atoms with E-state index < -0.39 is 36.6 Å². The van der Waals surface area contributed by atoms with Gasteiger partial charge in [0.1, 0.15) is 12.1 Å². The van der Waals surface area contributed by atoms with E-state index in [-0.39, 0.29) is 23.6 Å². The van der Waals surface area contributed by atoms with Crippen LogP contribution in [-0.4, -0.2) is 81.8 Å². The van der Waals surface area contributed by atoms with Crippen LogP contribution in [0.4, 0.5) is 0 Å². The van der Waals surface area contributed by atoms with Crippen molar-refractivity contribution >= 4 is 24.8 Å². The van der Waals surface area contributed by atoms with Crippen LogP contribution in [0.15, 0.2) is 0 Å². The molecule has 5 N–H and O–H groups in total. The van der Waals surface area contributed by atoms with Gasteiger partial charge in [0.15, 0.2) is 0 Å². The molecule has 1 saturated carbocycles. The average molecular weight is 464 g/mol.